The van der Waals surface area contributed by atoms with Crippen molar-refractivity contribution in [3.8, 4) is 0 Å². The molecule has 0 aliphatic carbocycles. The molecule has 0 bridgehead atoms. The first-order valence-corrected chi connectivity index (χ1v) is 12.0. The predicted octanol–water partition coefficient (Wildman–Crippen LogP) is 6.81. The first-order chi connectivity index (χ1) is 11.7. The molecule has 158 valence electrons. The van der Waals surface area contributed by atoms with Gasteiger partial charge in [-0.15, -0.1) is 0 Å². The highest BCUT2D eigenvalue weighted by Gasteiger charge is 2.28. The maximum Gasteiger partial charge on any atom is 0.469 e. The van der Waals surface area contributed by atoms with Crippen molar-refractivity contribution in [3.05, 3.63) is 0 Å². The molecule has 0 aromatic rings. The van der Waals surface area contributed by atoms with E-state index < -0.39 is 7.82 Å². The van der Waals surface area contributed by atoms with E-state index in [9.17, 15) is 4.57 Å². The van der Waals surface area contributed by atoms with Crippen molar-refractivity contribution in [2.75, 3.05) is 6.61 Å². The Hall–Kier alpha value is 0.110. The predicted molar refractivity (Wildman–Crippen MR) is 111 cm³/mol. The van der Waals surface area contributed by atoms with Crippen LogP contribution in [0.5, 0.6) is 0 Å². The number of phosphoric ester groups is 1. The second-order valence-corrected chi connectivity index (χ2v) is 11.1. The van der Waals surface area contributed by atoms with E-state index in [1.54, 1.807) is 0 Å². The largest absolute Gasteiger partial charge is 0.469 e. The Morgan fingerprint density at radius 1 is 0.962 bits per heavy atom. The molecule has 0 amide bonds. The molecule has 0 aromatic heterocycles. The van der Waals surface area contributed by atoms with E-state index in [1.165, 1.54) is 19.3 Å². The van der Waals surface area contributed by atoms with Crippen molar-refractivity contribution in [2.24, 2.45) is 28.6 Å². The fourth-order valence-electron chi connectivity index (χ4n) is 3.99. The van der Waals surface area contributed by atoms with Crippen LogP contribution in [0.15, 0.2) is 0 Å². The second-order valence-electron chi connectivity index (χ2n) is 9.86. The molecule has 2 N–H and O–H groups in total. The van der Waals surface area contributed by atoms with Crippen LogP contribution in [0, 0.1) is 28.6 Å². The molecule has 0 aliphatic heterocycles. The Balaban J connectivity index is 4.94. The maximum atomic E-state index is 11.2. The molecule has 0 radical (unpaired) electrons. The lowest BCUT2D eigenvalue weighted by atomic mass is 9.73. The molecule has 0 saturated carbocycles. The zero-order chi connectivity index (χ0) is 20.6. The first-order valence-electron chi connectivity index (χ1n) is 10.4. The van der Waals surface area contributed by atoms with Gasteiger partial charge in [0.15, 0.2) is 0 Å². The third-order valence-corrected chi connectivity index (χ3v) is 6.69. The van der Waals surface area contributed by atoms with Gasteiger partial charge in [-0.3, -0.25) is 4.52 Å². The summed E-state index contributed by atoms with van der Waals surface area (Å²) in [6.07, 6.45) is 7.90. The quantitative estimate of drug-likeness (QED) is 0.338. The van der Waals surface area contributed by atoms with Crippen molar-refractivity contribution < 1.29 is 18.9 Å². The SMILES string of the molecule is CCC(CCC(COP(=O)(O)O)C(C)CC(C)(C)C)CC(C)(CC)CC. The van der Waals surface area contributed by atoms with E-state index in [1.807, 2.05) is 0 Å². The van der Waals surface area contributed by atoms with Gasteiger partial charge in [-0.2, -0.15) is 0 Å². The second kappa shape index (κ2) is 11.2. The van der Waals surface area contributed by atoms with Crippen LogP contribution in [-0.4, -0.2) is 16.4 Å². The van der Waals surface area contributed by atoms with Crippen molar-refractivity contribution >= 4 is 7.82 Å². The average molecular weight is 393 g/mol. The molecule has 0 spiro atoms. The molecule has 3 atom stereocenters. The van der Waals surface area contributed by atoms with Crippen LogP contribution in [0.25, 0.3) is 0 Å². The molecule has 0 fully saturated rings. The summed E-state index contributed by atoms with van der Waals surface area (Å²) >= 11 is 0. The zero-order valence-corrected chi connectivity index (χ0v) is 19.4. The van der Waals surface area contributed by atoms with Gasteiger partial charge in [0.2, 0.25) is 0 Å². The van der Waals surface area contributed by atoms with Gasteiger partial charge in [0, 0.05) is 0 Å². The number of hydrogen-bond donors (Lipinski definition) is 2. The topological polar surface area (TPSA) is 66.8 Å². The zero-order valence-electron chi connectivity index (χ0n) is 18.5. The molecule has 0 aromatic carbocycles. The molecular weight excluding hydrogens is 347 g/mol. The lowest BCUT2D eigenvalue weighted by Crippen LogP contribution is -2.24. The Bertz CT molecular complexity index is 420. The normalized spacial score (nSPS) is 17.2. The molecule has 0 saturated heterocycles. The van der Waals surface area contributed by atoms with Gasteiger partial charge in [0.25, 0.3) is 0 Å². The van der Waals surface area contributed by atoms with Gasteiger partial charge in [-0.05, 0) is 47.8 Å². The molecular formula is C21H45O4P. The fraction of sp³-hybridized carbons (Fsp3) is 1.00. The Labute approximate surface area is 162 Å². The summed E-state index contributed by atoms with van der Waals surface area (Å²) in [6.45, 7) is 18.2. The summed E-state index contributed by atoms with van der Waals surface area (Å²) in [6, 6.07) is 0. The number of hydrogen-bond acceptors (Lipinski definition) is 2. The smallest absolute Gasteiger partial charge is 0.303 e. The van der Waals surface area contributed by atoms with E-state index in [4.69, 9.17) is 14.3 Å². The summed E-state index contributed by atoms with van der Waals surface area (Å²) < 4.78 is 16.1. The molecule has 0 aliphatic rings. The van der Waals surface area contributed by atoms with Crippen molar-refractivity contribution in [2.45, 2.75) is 100 Å². The van der Waals surface area contributed by atoms with Crippen LogP contribution < -0.4 is 0 Å². The van der Waals surface area contributed by atoms with Gasteiger partial charge >= 0.3 is 7.82 Å². The lowest BCUT2D eigenvalue weighted by molar-refractivity contribution is 0.114. The molecule has 0 heterocycles. The third-order valence-electron chi connectivity index (χ3n) is 6.21. The maximum absolute atomic E-state index is 11.2. The molecule has 3 unspecified atom stereocenters. The lowest BCUT2D eigenvalue weighted by Gasteiger charge is -2.33. The molecule has 26 heavy (non-hydrogen) atoms. The summed E-state index contributed by atoms with van der Waals surface area (Å²) in [5.74, 6) is 1.23. The Morgan fingerprint density at radius 3 is 1.88 bits per heavy atom. The van der Waals surface area contributed by atoms with E-state index in [-0.39, 0.29) is 17.9 Å². The third kappa shape index (κ3) is 11.7. The molecule has 5 heteroatoms. The Morgan fingerprint density at radius 2 is 1.50 bits per heavy atom. The highest BCUT2D eigenvalue weighted by molar-refractivity contribution is 7.46. The van der Waals surface area contributed by atoms with E-state index in [2.05, 4.69) is 55.4 Å². The Kier molecular flexibility index (Phi) is 11.2. The fourth-order valence-corrected chi connectivity index (χ4v) is 4.38. The van der Waals surface area contributed by atoms with Gasteiger partial charge in [-0.1, -0.05) is 81.1 Å². The van der Waals surface area contributed by atoms with Crippen LogP contribution in [0.1, 0.15) is 100 Å². The van der Waals surface area contributed by atoms with Crippen LogP contribution in [-0.2, 0) is 9.09 Å². The summed E-state index contributed by atoms with van der Waals surface area (Å²) in [4.78, 5) is 18.2. The number of phosphoric acid groups is 1. The highest BCUT2D eigenvalue weighted by atomic mass is 31.2. The van der Waals surface area contributed by atoms with Gasteiger partial charge in [-0.25, -0.2) is 4.57 Å². The highest BCUT2D eigenvalue weighted by Crippen LogP contribution is 2.41. The van der Waals surface area contributed by atoms with E-state index >= 15 is 0 Å². The minimum atomic E-state index is -4.41. The summed E-state index contributed by atoms with van der Waals surface area (Å²) in [5, 5.41) is 0. The van der Waals surface area contributed by atoms with Crippen LogP contribution in [0.4, 0.5) is 0 Å². The average Bonchev–Trinajstić information content (AvgIpc) is 2.50. The first kappa shape index (κ1) is 26.1. The molecule has 0 rings (SSSR count). The number of rotatable bonds is 13. The molecule has 4 nitrogen and oxygen atoms in total. The monoisotopic (exact) mass is 392 g/mol. The van der Waals surface area contributed by atoms with E-state index in [0.29, 0.717) is 17.3 Å². The van der Waals surface area contributed by atoms with Crippen LogP contribution in [0.3, 0.4) is 0 Å². The van der Waals surface area contributed by atoms with Gasteiger partial charge in [0.05, 0.1) is 6.61 Å². The summed E-state index contributed by atoms with van der Waals surface area (Å²) in [5.41, 5.74) is 0.600. The van der Waals surface area contributed by atoms with Crippen molar-refractivity contribution in [1.82, 2.24) is 0 Å². The van der Waals surface area contributed by atoms with Gasteiger partial charge < -0.3 is 9.79 Å². The van der Waals surface area contributed by atoms with Gasteiger partial charge in [0.1, 0.15) is 0 Å². The minimum Gasteiger partial charge on any atom is -0.303 e. The van der Waals surface area contributed by atoms with Crippen molar-refractivity contribution in [3.63, 3.8) is 0 Å². The standard InChI is InChI=1S/C21H45O4P/c1-9-18(15-21(8,10-2)11-3)12-13-19(16-25-26(22,23)24)17(4)14-20(5,6)7/h17-19H,9-16H2,1-8H3,(H2,22,23,24). The van der Waals surface area contributed by atoms with Crippen LogP contribution >= 0.6 is 7.82 Å². The minimum absolute atomic E-state index is 0.150. The van der Waals surface area contributed by atoms with E-state index in [0.717, 1.165) is 25.7 Å². The van der Waals surface area contributed by atoms with Crippen molar-refractivity contribution in [1.29, 1.82) is 0 Å². The van der Waals surface area contributed by atoms with Crippen LogP contribution in [0.2, 0.25) is 0 Å². The summed E-state index contributed by atoms with van der Waals surface area (Å²) in [7, 11) is -4.41.